The molecule has 1 nitrogen and oxygen atoms in total. The Labute approximate surface area is 102 Å². The molecule has 1 heterocycles. The lowest BCUT2D eigenvalue weighted by Gasteiger charge is -2.09. The minimum atomic E-state index is 1.06. The SMILES string of the molecule is CC1=Cc2c(-c3ccccn3)ccc(C)c2C1. The second-order valence-electron chi connectivity index (χ2n) is 4.70. The van der Waals surface area contributed by atoms with Crippen molar-refractivity contribution >= 4 is 6.08 Å². The number of hydrogen-bond acceptors (Lipinski definition) is 1. The number of fused-ring (bicyclic) bond motifs is 1. The van der Waals surface area contributed by atoms with Crippen LogP contribution in [-0.4, -0.2) is 4.98 Å². The summed E-state index contributed by atoms with van der Waals surface area (Å²) in [5.74, 6) is 0. The van der Waals surface area contributed by atoms with Crippen LogP contribution in [0.25, 0.3) is 17.3 Å². The molecule has 1 aliphatic rings. The molecular weight excluding hydrogens is 206 g/mol. The molecule has 1 heteroatoms. The van der Waals surface area contributed by atoms with Crippen LogP contribution >= 0.6 is 0 Å². The van der Waals surface area contributed by atoms with Crippen molar-refractivity contribution in [2.24, 2.45) is 0 Å². The van der Waals surface area contributed by atoms with Crippen molar-refractivity contribution in [2.45, 2.75) is 20.3 Å². The summed E-state index contributed by atoms with van der Waals surface area (Å²) in [5.41, 5.74) is 7.96. The molecule has 0 atom stereocenters. The molecule has 0 saturated carbocycles. The standard InChI is InChI=1S/C16H15N/c1-11-9-14-12(2)6-7-13(15(14)10-11)16-5-3-4-8-17-16/h3-8,10H,9H2,1-2H3. The van der Waals surface area contributed by atoms with Crippen LogP contribution in [0.3, 0.4) is 0 Å². The van der Waals surface area contributed by atoms with Gasteiger partial charge in [0, 0.05) is 11.8 Å². The first-order chi connectivity index (χ1) is 8.25. The van der Waals surface area contributed by atoms with Crippen LogP contribution < -0.4 is 0 Å². The number of hydrogen-bond donors (Lipinski definition) is 0. The van der Waals surface area contributed by atoms with Gasteiger partial charge in [0.2, 0.25) is 0 Å². The third-order valence-electron chi connectivity index (χ3n) is 3.38. The predicted molar refractivity (Wildman–Crippen MR) is 71.8 cm³/mol. The largest absolute Gasteiger partial charge is 0.256 e. The highest BCUT2D eigenvalue weighted by atomic mass is 14.7. The normalized spacial score (nSPS) is 13.4. The molecule has 0 amide bonds. The summed E-state index contributed by atoms with van der Waals surface area (Å²) in [6.07, 6.45) is 5.24. The molecule has 0 bridgehead atoms. The van der Waals surface area contributed by atoms with Crippen LogP contribution in [0.1, 0.15) is 23.6 Å². The third kappa shape index (κ3) is 1.68. The number of allylic oxidation sites excluding steroid dienone is 1. The van der Waals surface area contributed by atoms with E-state index in [9.17, 15) is 0 Å². The van der Waals surface area contributed by atoms with Crippen molar-refractivity contribution in [1.29, 1.82) is 0 Å². The second kappa shape index (κ2) is 3.85. The first-order valence-corrected chi connectivity index (χ1v) is 5.97. The maximum Gasteiger partial charge on any atom is 0.0708 e. The van der Waals surface area contributed by atoms with Gasteiger partial charge in [-0.2, -0.15) is 0 Å². The summed E-state index contributed by atoms with van der Waals surface area (Å²) in [5, 5.41) is 0. The van der Waals surface area contributed by atoms with E-state index in [4.69, 9.17) is 0 Å². The fourth-order valence-corrected chi connectivity index (χ4v) is 2.49. The Hall–Kier alpha value is -1.89. The highest BCUT2D eigenvalue weighted by Gasteiger charge is 2.16. The highest BCUT2D eigenvalue weighted by Crippen LogP contribution is 2.34. The van der Waals surface area contributed by atoms with E-state index in [0.29, 0.717) is 0 Å². The maximum absolute atomic E-state index is 4.45. The van der Waals surface area contributed by atoms with E-state index in [-0.39, 0.29) is 0 Å². The van der Waals surface area contributed by atoms with Gasteiger partial charge in [0.25, 0.3) is 0 Å². The zero-order valence-electron chi connectivity index (χ0n) is 10.2. The molecular formula is C16H15N. The molecule has 0 fully saturated rings. The van der Waals surface area contributed by atoms with Gasteiger partial charge in [-0.1, -0.05) is 29.8 Å². The van der Waals surface area contributed by atoms with E-state index in [2.05, 4.69) is 43.1 Å². The molecule has 2 aromatic rings. The minimum Gasteiger partial charge on any atom is -0.256 e. The molecule has 0 spiro atoms. The quantitative estimate of drug-likeness (QED) is 0.708. The second-order valence-corrected chi connectivity index (χ2v) is 4.70. The van der Waals surface area contributed by atoms with Gasteiger partial charge in [0.1, 0.15) is 0 Å². The molecule has 84 valence electrons. The molecule has 0 N–H and O–H groups in total. The number of aromatic nitrogens is 1. The Bertz CT molecular complexity index is 594. The van der Waals surface area contributed by atoms with Gasteiger partial charge in [-0.3, -0.25) is 4.98 Å². The Balaban J connectivity index is 2.23. The smallest absolute Gasteiger partial charge is 0.0708 e. The summed E-state index contributed by atoms with van der Waals surface area (Å²) < 4.78 is 0. The first-order valence-electron chi connectivity index (χ1n) is 5.97. The molecule has 0 aliphatic heterocycles. The van der Waals surface area contributed by atoms with E-state index < -0.39 is 0 Å². The number of rotatable bonds is 1. The molecule has 1 aliphatic carbocycles. The summed E-state index contributed by atoms with van der Waals surface area (Å²) in [6, 6.07) is 10.5. The monoisotopic (exact) mass is 221 g/mol. The van der Waals surface area contributed by atoms with Gasteiger partial charge < -0.3 is 0 Å². The Kier molecular flexibility index (Phi) is 2.32. The average Bonchev–Trinajstić information content (AvgIpc) is 2.73. The van der Waals surface area contributed by atoms with E-state index in [1.165, 1.54) is 27.8 Å². The zero-order chi connectivity index (χ0) is 11.8. The van der Waals surface area contributed by atoms with Crippen molar-refractivity contribution in [2.75, 3.05) is 0 Å². The zero-order valence-corrected chi connectivity index (χ0v) is 10.2. The summed E-state index contributed by atoms with van der Waals surface area (Å²) in [6.45, 7) is 4.38. The van der Waals surface area contributed by atoms with Gasteiger partial charge in [-0.15, -0.1) is 0 Å². The molecule has 0 radical (unpaired) electrons. The fourth-order valence-electron chi connectivity index (χ4n) is 2.49. The lowest BCUT2D eigenvalue weighted by atomic mass is 9.96. The van der Waals surface area contributed by atoms with Gasteiger partial charge in [-0.05, 0) is 49.1 Å². The molecule has 17 heavy (non-hydrogen) atoms. The number of nitrogens with zero attached hydrogens (tertiary/aromatic N) is 1. The third-order valence-corrected chi connectivity index (χ3v) is 3.38. The van der Waals surface area contributed by atoms with Gasteiger partial charge in [-0.25, -0.2) is 0 Å². The number of benzene rings is 1. The fraction of sp³-hybridized carbons (Fsp3) is 0.188. The van der Waals surface area contributed by atoms with E-state index in [1.54, 1.807) is 0 Å². The summed E-state index contributed by atoms with van der Waals surface area (Å²) >= 11 is 0. The van der Waals surface area contributed by atoms with Crippen LogP contribution in [0.2, 0.25) is 0 Å². The summed E-state index contributed by atoms with van der Waals surface area (Å²) in [7, 11) is 0. The Morgan fingerprint density at radius 3 is 2.71 bits per heavy atom. The van der Waals surface area contributed by atoms with Crippen molar-refractivity contribution < 1.29 is 0 Å². The molecule has 0 saturated heterocycles. The predicted octanol–water partition coefficient (Wildman–Crippen LogP) is 4.02. The minimum absolute atomic E-state index is 1.06. The van der Waals surface area contributed by atoms with Crippen molar-refractivity contribution in [3.63, 3.8) is 0 Å². The van der Waals surface area contributed by atoms with Crippen LogP contribution in [0.15, 0.2) is 42.1 Å². The number of pyridine rings is 1. The van der Waals surface area contributed by atoms with Crippen LogP contribution in [0.5, 0.6) is 0 Å². The van der Waals surface area contributed by atoms with E-state index in [1.807, 2.05) is 18.3 Å². The topological polar surface area (TPSA) is 12.9 Å². The molecule has 1 aromatic heterocycles. The Morgan fingerprint density at radius 1 is 1.06 bits per heavy atom. The van der Waals surface area contributed by atoms with Crippen molar-refractivity contribution in [3.8, 4) is 11.3 Å². The van der Waals surface area contributed by atoms with Crippen LogP contribution in [0.4, 0.5) is 0 Å². The molecule has 3 rings (SSSR count). The van der Waals surface area contributed by atoms with Crippen molar-refractivity contribution in [3.05, 3.63) is 58.8 Å². The van der Waals surface area contributed by atoms with Gasteiger partial charge >= 0.3 is 0 Å². The van der Waals surface area contributed by atoms with Crippen LogP contribution in [0, 0.1) is 6.92 Å². The first kappa shape index (κ1) is 10.3. The van der Waals surface area contributed by atoms with Gasteiger partial charge in [0.05, 0.1) is 5.69 Å². The number of aryl methyl sites for hydroxylation is 1. The van der Waals surface area contributed by atoms with Crippen LogP contribution in [-0.2, 0) is 6.42 Å². The average molecular weight is 221 g/mol. The highest BCUT2D eigenvalue weighted by molar-refractivity contribution is 5.80. The lowest BCUT2D eigenvalue weighted by Crippen LogP contribution is -1.92. The van der Waals surface area contributed by atoms with E-state index >= 15 is 0 Å². The Morgan fingerprint density at radius 2 is 1.94 bits per heavy atom. The van der Waals surface area contributed by atoms with Gasteiger partial charge in [0.15, 0.2) is 0 Å². The van der Waals surface area contributed by atoms with Crippen molar-refractivity contribution in [1.82, 2.24) is 4.98 Å². The lowest BCUT2D eigenvalue weighted by molar-refractivity contribution is 1.16. The molecule has 0 unspecified atom stereocenters. The summed E-state index contributed by atoms with van der Waals surface area (Å²) in [4.78, 5) is 4.45. The van der Waals surface area contributed by atoms with E-state index in [0.717, 1.165) is 12.1 Å². The maximum atomic E-state index is 4.45. The molecule has 1 aromatic carbocycles.